The van der Waals surface area contributed by atoms with Gasteiger partial charge in [-0.05, 0) is 54.7 Å². The van der Waals surface area contributed by atoms with E-state index in [0.717, 1.165) is 40.2 Å². The summed E-state index contributed by atoms with van der Waals surface area (Å²) in [4.78, 5) is 32.4. The van der Waals surface area contributed by atoms with Gasteiger partial charge < -0.3 is 10.2 Å². The molecule has 0 atom stereocenters. The highest BCUT2D eigenvalue weighted by Crippen LogP contribution is 2.38. The van der Waals surface area contributed by atoms with E-state index in [-0.39, 0.29) is 10.9 Å². The molecule has 1 amide bonds. The number of hydrogen-bond donors (Lipinski definition) is 1. The molecular weight excluding hydrogens is 523 g/mol. The Morgan fingerprint density at radius 3 is 2.97 bits per heavy atom. The Kier molecular flexibility index (Phi) is 7.06. The van der Waals surface area contributed by atoms with E-state index < -0.39 is 5.82 Å². The molecule has 0 unspecified atom stereocenters. The van der Waals surface area contributed by atoms with Gasteiger partial charge in [-0.2, -0.15) is 0 Å². The van der Waals surface area contributed by atoms with Crippen LogP contribution in [0, 0.1) is 5.82 Å². The molecule has 2 aliphatic rings. The lowest BCUT2D eigenvalue weighted by molar-refractivity contribution is -0.126. The first-order chi connectivity index (χ1) is 18.5. The lowest BCUT2D eigenvalue weighted by Crippen LogP contribution is -2.34. The predicted molar refractivity (Wildman–Crippen MR) is 148 cm³/mol. The largest absolute Gasteiger partial charge is 0.340 e. The Balaban J connectivity index is 1.14. The molecule has 0 bridgehead atoms. The topological polar surface area (TPSA) is 74.2 Å². The van der Waals surface area contributed by atoms with Gasteiger partial charge in [0.05, 0.1) is 17.0 Å². The second kappa shape index (κ2) is 10.8. The molecule has 194 valence electrons. The fourth-order valence-corrected chi connectivity index (χ4v) is 6.21. The summed E-state index contributed by atoms with van der Waals surface area (Å²) in [7, 11) is 0. The number of aromatic nitrogens is 3. The quantitative estimate of drug-likeness (QED) is 0.284. The molecule has 38 heavy (non-hydrogen) atoms. The summed E-state index contributed by atoms with van der Waals surface area (Å²) in [5.74, 6) is 0.213. The molecule has 1 aliphatic heterocycles. The summed E-state index contributed by atoms with van der Waals surface area (Å²) >= 11 is 7.54. The van der Waals surface area contributed by atoms with Crippen molar-refractivity contribution in [2.75, 3.05) is 18.4 Å². The molecule has 0 saturated heterocycles. The standard InChI is InChI=1S/C28H26ClFN6OS/c29-22-13-19(5-8-23(22)30)34-27-26-21-9-12-36(16-24(21)38-28(26)33-17-32-27)25(37)4-2-11-35(20-6-7-20)15-18-3-1-10-31-14-18/h1-5,8,10,13-14,17,20H,6-7,9,11-12,15-16H2,(H,32,33,34)/b4-2+. The molecule has 7 nitrogen and oxygen atoms in total. The van der Waals surface area contributed by atoms with E-state index in [1.165, 1.54) is 36.9 Å². The van der Waals surface area contributed by atoms with Crippen LogP contribution in [-0.2, 0) is 24.3 Å². The molecule has 10 heteroatoms. The minimum atomic E-state index is -0.467. The molecule has 1 aromatic carbocycles. The second-order valence-electron chi connectivity index (χ2n) is 9.59. The van der Waals surface area contributed by atoms with E-state index >= 15 is 0 Å². The van der Waals surface area contributed by atoms with Crippen molar-refractivity contribution in [2.45, 2.75) is 38.4 Å². The zero-order valence-corrected chi connectivity index (χ0v) is 22.2. The maximum Gasteiger partial charge on any atom is 0.246 e. The van der Waals surface area contributed by atoms with Crippen LogP contribution in [0.4, 0.5) is 15.9 Å². The van der Waals surface area contributed by atoms with Gasteiger partial charge in [0.25, 0.3) is 0 Å². The van der Waals surface area contributed by atoms with Crippen molar-refractivity contribution in [2.24, 2.45) is 0 Å². The number of hydrogen-bond acceptors (Lipinski definition) is 7. The monoisotopic (exact) mass is 548 g/mol. The molecule has 3 aromatic heterocycles. The number of benzene rings is 1. The van der Waals surface area contributed by atoms with Gasteiger partial charge in [0.15, 0.2) is 0 Å². The number of nitrogens with zero attached hydrogens (tertiary/aromatic N) is 5. The van der Waals surface area contributed by atoms with Gasteiger partial charge in [-0.1, -0.05) is 23.7 Å². The van der Waals surface area contributed by atoms with Crippen LogP contribution in [0.1, 0.15) is 28.8 Å². The van der Waals surface area contributed by atoms with Crippen LogP contribution >= 0.6 is 22.9 Å². The van der Waals surface area contributed by atoms with Crippen LogP contribution in [0.25, 0.3) is 10.2 Å². The number of thiophene rings is 1. The maximum absolute atomic E-state index is 13.6. The van der Waals surface area contributed by atoms with Gasteiger partial charge in [0.2, 0.25) is 5.91 Å². The fraction of sp³-hybridized carbons (Fsp3) is 0.286. The van der Waals surface area contributed by atoms with Gasteiger partial charge in [0, 0.05) is 54.7 Å². The number of amides is 1. The Morgan fingerprint density at radius 2 is 2.18 bits per heavy atom. The van der Waals surface area contributed by atoms with Crippen LogP contribution in [0.15, 0.2) is 61.2 Å². The molecule has 0 spiro atoms. The van der Waals surface area contributed by atoms with Crippen LogP contribution in [-0.4, -0.2) is 49.8 Å². The lowest BCUT2D eigenvalue weighted by Gasteiger charge is -2.26. The van der Waals surface area contributed by atoms with E-state index in [1.54, 1.807) is 29.7 Å². The number of halogens is 2. The number of pyridine rings is 1. The van der Waals surface area contributed by atoms with Crippen molar-refractivity contribution in [3.8, 4) is 0 Å². The number of nitrogens with one attached hydrogen (secondary N) is 1. The number of anilines is 2. The summed E-state index contributed by atoms with van der Waals surface area (Å²) in [5, 5.41) is 4.26. The minimum Gasteiger partial charge on any atom is -0.340 e. The van der Waals surface area contributed by atoms with Crippen LogP contribution in [0.5, 0.6) is 0 Å². The second-order valence-corrected chi connectivity index (χ2v) is 11.1. The van der Waals surface area contributed by atoms with Crippen molar-refractivity contribution in [3.05, 3.63) is 88.0 Å². The van der Waals surface area contributed by atoms with Gasteiger partial charge in [0.1, 0.15) is 22.8 Å². The van der Waals surface area contributed by atoms with Crippen molar-refractivity contribution in [1.82, 2.24) is 24.8 Å². The Hall–Kier alpha value is -3.40. The fourth-order valence-electron chi connectivity index (χ4n) is 4.82. The minimum absolute atomic E-state index is 0.0237. The molecule has 4 aromatic rings. The van der Waals surface area contributed by atoms with Crippen molar-refractivity contribution < 1.29 is 9.18 Å². The van der Waals surface area contributed by atoms with Gasteiger partial charge in [-0.25, -0.2) is 14.4 Å². The molecular formula is C28H26ClFN6OS. The zero-order valence-electron chi connectivity index (χ0n) is 20.6. The highest BCUT2D eigenvalue weighted by atomic mass is 35.5. The maximum atomic E-state index is 13.6. The van der Waals surface area contributed by atoms with Crippen molar-refractivity contribution >= 4 is 50.6 Å². The summed E-state index contributed by atoms with van der Waals surface area (Å²) < 4.78 is 13.6. The van der Waals surface area contributed by atoms with E-state index in [9.17, 15) is 9.18 Å². The molecule has 4 heterocycles. The molecule has 1 N–H and O–H groups in total. The highest BCUT2D eigenvalue weighted by Gasteiger charge is 2.29. The van der Waals surface area contributed by atoms with Gasteiger partial charge in [-0.3, -0.25) is 14.7 Å². The Morgan fingerprint density at radius 1 is 1.29 bits per heavy atom. The smallest absolute Gasteiger partial charge is 0.246 e. The number of carbonyl (C=O) groups is 1. The summed E-state index contributed by atoms with van der Waals surface area (Å²) in [6.07, 6.45) is 12.0. The first-order valence-electron chi connectivity index (χ1n) is 12.6. The number of fused-ring (bicyclic) bond motifs is 3. The van der Waals surface area contributed by atoms with Crippen LogP contribution < -0.4 is 5.32 Å². The zero-order chi connectivity index (χ0) is 26.1. The molecule has 1 fully saturated rings. The molecule has 0 radical (unpaired) electrons. The summed E-state index contributed by atoms with van der Waals surface area (Å²) in [5.41, 5.74) is 3.00. The third-order valence-corrected chi connectivity index (χ3v) is 8.32. The van der Waals surface area contributed by atoms with E-state index in [0.29, 0.717) is 30.6 Å². The van der Waals surface area contributed by atoms with E-state index in [1.807, 2.05) is 23.2 Å². The Bertz CT molecular complexity index is 1510. The van der Waals surface area contributed by atoms with E-state index in [2.05, 4.69) is 31.2 Å². The van der Waals surface area contributed by atoms with Gasteiger partial charge in [-0.15, -0.1) is 11.3 Å². The van der Waals surface area contributed by atoms with Crippen molar-refractivity contribution in [3.63, 3.8) is 0 Å². The lowest BCUT2D eigenvalue weighted by atomic mass is 10.0. The third-order valence-electron chi connectivity index (χ3n) is 6.90. The predicted octanol–water partition coefficient (Wildman–Crippen LogP) is 5.73. The molecule has 1 saturated carbocycles. The van der Waals surface area contributed by atoms with E-state index in [4.69, 9.17) is 11.6 Å². The first-order valence-corrected chi connectivity index (χ1v) is 13.8. The third kappa shape index (κ3) is 5.41. The first kappa shape index (κ1) is 24.9. The van der Waals surface area contributed by atoms with Crippen LogP contribution in [0.3, 0.4) is 0 Å². The summed E-state index contributed by atoms with van der Waals surface area (Å²) in [6, 6.07) is 9.13. The average molecular weight is 549 g/mol. The summed E-state index contributed by atoms with van der Waals surface area (Å²) in [6.45, 7) is 2.75. The van der Waals surface area contributed by atoms with Crippen LogP contribution in [0.2, 0.25) is 5.02 Å². The normalized spacial score (nSPS) is 15.4. The average Bonchev–Trinajstić information content (AvgIpc) is 3.70. The molecule has 6 rings (SSSR count). The SMILES string of the molecule is O=C(/C=C/CN(Cc1cccnc1)C1CC1)N1CCc2c(sc3ncnc(Nc4ccc(F)c(Cl)c4)c23)C1. The van der Waals surface area contributed by atoms with Crippen molar-refractivity contribution in [1.29, 1.82) is 0 Å². The highest BCUT2D eigenvalue weighted by molar-refractivity contribution is 7.19. The Labute approximate surface area is 229 Å². The number of rotatable bonds is 8. The van der Waals surface area contributed by atoms with Gasteiger partial charge >= 0.3 is 0 Å². The number of carbonyl (C=O) groups excluding carboxylic acids is 1. The molecule has 1 aliphatic carbocycles.